The summed E-state index contributed by atoms with van der Waals surface area (Å²) in [4.78, 5) is 25.7. The summed E-state index contributed by atoms with van der Waals surface area (Å²) in [5.41, 5.74) is -1.88. The molecule has 0 radical (unpaired) electrons. The number of fused-ring (bicyclic) bond motifs is 1. The van der Waals surface area contributed by atoms with Gasteiger partial charge in [0, 0.05) is 12.0 Å². The number of aromatic amines is 1. The Bertz CT molecular complexity index is 830. The number of H-pyrrole nitrogens is 1. The maximum Gasteiger partial charge on any atom is 0.431 e. The van der Waals surface area contributed by atoms with Crippen LogP contribution < -0.4 is 15.6 Å². The van der Waals surface area contributed by atoms with Gasteiger partial charge in [0.15, 0.2) is 0 Å². The van der Waals surface area contributed by atoms with Crippen LogP contribution in [0.25, 0.3) is 0 Å². The highest BCUT2D eigenvalue weighted by molar-refractivity contribution is 5.94. The summed E-state index contributed by atoms with van der Waals surface area (Å²) in [6.07, 6.45) is -4.17. The first kappa shape index (κ1) is 16.1. The number of hydrogen-bond donors (Lipinski definition) is 2. The molecule has 0 spiro atoms. The predicted molar refractivity (Wildman–Crippen MR) is 78.8 cm³/mol. The highest BCUT2D eigenvalue weighted by atomic mass is 19.4. The number of benzene rings is 1. The largest absolute Gasteiger partial charge is 0.493 e. The van der Waals surface area contributed by atoms with Crippen molar-refractivity contribution in [3.8, 4) is 5.75 Å². The number of pyridine rings is 1. The van der Waals surface area contributed by atoms with E-state index in [1.165, 1.54) is 0 Å². The minimum Gasteiger partial charge on any atom is -0.493 e. The molecule has 1 amide bonds. The number of rotatable bonds is 2. The van der Waals surface area contributed by atoms with Crippen LogP contribution in [0.3, 0.4) is 0 Å². The van der Waals surface area contributed by atoms with Gasteiger partial charge in [-0.15, -0.1) is 0 Å². The lowest BCUT2D eigenvalue weighted by Crippen LogP contribution is -2.35. The monoisotopic (exact) mass is 338 g/mol. The van der Waals surface area contributed by atoms with Gasteiger partial charge < -0.3 is 15.0 Å². The minimum absolute atomic E-state index is 0.369. The summed E-state index contributed by atoms with van der Waals surface area (Å²) >= 11 is 0. The van der Waals surface area contributed by atoms with Gasteiger partial charge >= 0.3 is 6.18 Å². The number of hydrogen-bond acceptors (Lipinski definition) is 3. The lowest BCUT2D eigenvalue weighted by molar-refractivity contribution is -0.141. The molecule has 0 saturated heterocycles. The summed E-state index contributed by atoms with van der Waals surface area (Å²) in [6.45, 7) is 0.394. The first-order valence-corrected chi connectivity index (χ1v) is 7.19. The molecule has 0 aliphatic carbocycles. The van der Waals surface area contributed by atoms with E-state index >= 15 is 0 Å². The molecule has 8 heteroatoms. The molecular formula is C16H13F3N2O3. The Balaban J connectivity index is 1.83. The standard InChI is InChI=1S/C16H13F3N2O3/c17-16(18,19)13-6-5-10(15(23)21-13)14(22)20-11-7-8-24-12-4-2-1-3-9(11)12/h1-6,11H,7-8H2,(H,20,22)(H,21,23). The van der Waals surface area contributed by atoms with Gasteiger partial charge in [-0.2, -0.15) is 13.2 Å². The molecule has 0 bridgehead atoms. The number of amides is 1. The topological polar surface area (TPSA) is 71.2 Å². The number of halogens is 3. The molecule has 1 aliphatic rings. The Kier molecular flexibility index (Phi) is 4.04. The number of carbonyl (C=O) groups is 1. The van der Waals surface area contributed by atoms with E-state index in [4.69, 9.17) is 4.74 Å². The molecule has 126 valence electrons. The van der Waals surface area contributed by atoms with Gasteiger partial charge in [-0.05, 0) is 18.2 Å². The number of carbonyl (C=O) groups excluding carboxylic acids is 1. The molecule has 2 heterocycles. The zero-order valence-electron chi connectivity index (χ0n) is 12.3. The van der Waals surface area contributed by atoms with Crippen LogP contribution in [-0.4, -0.2) is 17.5 Å². The van der Waals surface area contributed by atoms with Crippen molar-refractivity contribution in [1.29, 1.82) is 0 Å². The van der Waals surface area contributed by atoms with E-state index < -0.39 is 23.3 Å². The SMILES string of the molecule is O=C(NC1CCOc2ccccc21)c1ccc(C(F)(F)F)[nH]c1=O. The quantitative estimate of drug-likeness (QED) is 0.884. The van der Waals surface area contributed by atoms with E-state index in [0.29, 0.717) is 24.8 Å². The molecule has 2 N–H and O–H groups in total. The van der Waals surface area contributed by atoms with Crippen LogP contribution in [-0.2, 0) is 6.18 Å². The molecule has 1 aliphatic heterocycles. The fourth-order valence-corrected chi connectivity index (χ4v) is 2.55. The molecule has 1 unspecified atom stereocenters. The van der Waals surface area contributed by atoms with E-state index in [2.05, 4.69) is 5.32 Å². The summed E-state index contributed by atoms with van der Waals surface area (Å²) in [7, 11) is 0. The molecule has 1 atom stereocenters. The number of nitrogens with one attached hydrogen (secondary N) is 2. The van der Waals surface area contributed by atoms with E-state index in [0.717, 1.165) is 11.6 Å². The van der Waals surface area contributed by atoms with Gasteiger partial charge in [0.25, 0.3) is 11.5 Å². The Morgan fingerprint density at radius 3 is 2.67 bits per heavy atom. The van der Waals surface area contributed by atoms with Crippen LogP contribution in [0.1, 0.15) is 34.1 Å². The third-order valence-electron chi connectivity index (χ3n) is 3.72. The van der Waals surface area contributed by atoms with Crippen molar-refractivity contribution >= 4 is 5.91 Å². The summed E-state index contributed by atoms with van der Waals surface area (Å²) < 4.78 is 43.1. The van der Waals surface area contributed by atoms with Crippen molar-refractivity contribution in [3.63, 3.8) is 0 Å². The third-order valence-corrected chi connectivity index (χ3v) is 3.72. The minimum atomic E-state index is -4.67. The first-order chi connectivity index (χ1) is 11.4. The van der Waals surface area contributed by atoms with Crippen molar-refractivity contribution in [2.75, 3.05) is 6.61 Å². The van der Waals surface area contributed by atoms with Crippen molar-refractivity contribution in [2.45, 2.75) is 18.6 Å². The van der Waals surface area contributed by atoms with E-state index in [1.807, 2.05) is 0 Å². The molecule has 3 rings (SSSR count). The lowest BCUT2D eigenvalue weighted by atomic mass is 10.0. The summed E-state index contributed by atoms with van der Waals surface area (Å²) in [6, 6.07) is 8.32. The van der Waals surface area contributed by atoms with Crippen LogP contribution in [0, 0.1) is 0 Å². The Hall–Kier alpha value is -2.77. The van der Waals surface area contributed by atoms with Gasteiger partial charge in [0.05, 0.1) is 12.6 Å². The predicted octanol–water partition coefficient (Wildman–Crippen LogP) is 2.65. The number of ether oxygens (including phenoxy) is 1. The molecule has 2 aromatic rings. The second-order valence-corrected chi connectivity index (χ2v) is 5.31. The second kappa shape index (κ2) is 6.03. The average molecular weight is 338 g/mol. The summed E-state index contributed by atoms with van der Waals surface area (Å²) in [5.74, 6) is -0.0953. The van der Waals surface area contributed by atoms with Crippen LogP contribution in [0.5, 0.6) is 5.75 Å². The number of para-hydroxylation sites is 1. The highest BCUT2D eigenvalue weighted by Crippen LogP contribution is 2.31. The zero-order chi connectivity index (χ0) is 17.3. The zero-order valence-corrected chi connectivity index (χ0v) is 12.3. The molecule has 5 nitrogen and oxygen atoms in total. The molecule has 1 aromatic carbocycles. The van der Waals surface area contributed by atoms with Crippen molar-refractivity contribution in [3.05, 3.63) is 63.6 Å². The first-order valence-electron chi connectivity index (χ1n) is 7.19. The van der Waals surface area contributed by atoms with Crippen LogP contribution in [0.2, 0.25) is 0 Å². The summed E-state index contributed by atoms with van der Waals surface area (Å²) in [5, 5.41) is 2.67. The fourth-order valence-electron chi connectivity index (χ4n) is 2.55. The molecule has 0 saturated carbocycles. The Labute approximate surface area is 134 Å². The van der Waals surface area contributed by atoms with E-state index in [9.17, 15) is 22.8 Å². The van der Waals surface area contributed by atoms with Gasteiger partial charge in [-0.3, -0.25) is 9.59 Å². The van der Waals surface area contributed by atoms with Crippen molar-refractivity contribution in [2.24, 2.45) is 0 Å². The highest BCUT2D eigenvalue weighted by Gasteiger charge is 2.32. The van der Waals surface area contributed by atoms with E-state index in [-0.39, 0.29) is 11.6 Å². The van der Waals surface area contributed by atoms with Gasteiger partial charge in [0.2, 0.25) is 0 Å². The van der Waals surface area contributed by atoms with Gasteiger partial charge in [-0.1, -0.05) is 18.2 Å². The molecular weight excluding hydrogens is 325 g/mol. The second-order valence-electron chi connectivity index (χ2n) is 5.31. The number of alkyl halides is 3. The smallest absolute Gasteiger partial charge is 0.431 e. The van der Waals surface area contributed by atoms with Crippen LogP contribution in [0.15, 0.2) is 41.2 Å². The average Bonchev–Trinajstić information content (AvgIpc) is 2.54. The third kappa shape index (κ3) is 3.12. The number of aromatic nitrogens is 1. The van der Waals surface area contributed by atoms with Gasteiger partial charge in [0.1, 0.15) is 17.0 Å². The maximum absolute atomic E-state index is 12.6. The molecule has 0 fully saturated rings. The van der Waals surface area contributed by atoms with Crippen molar-refractivity contribution in [1.82, 2.24) is 10.3 Å². The fraction of sp³-hybridized carbons (Fsp3) is 0.250. The normalized spacial score (nSPS) is 16.9. The van der Waals surface area contributed by atoms with Crippen LogP contribution >= 0.6 is 0 Å². The van der Waals surface area contributed by atoms with Crippen molar-refractivity contribution < 1.29 is 22.7 Å². The maximum atomic E-state index is 12.6. The van der Waals surface area contributed by atoms with Gasteiger partial charge in [-0.25, -0.2) is 0 Å². The van der Waals surface area contributed by atoms with E-state index in [1.54, 1.807) is 29.2 Å². The lowest BCUT2D eigenvalue weighted by Gasteiger charge is -2.26. The Morgan fingerprint density at radius 2 is 1.96 bits per heavy atom. The van der Waals surface area contributed by atoms with Crippen LogP contribution in [0.4, 0.5) is 13.2 Å². The molecule has 24 heavy (non-hydrogen) atoms. The molecule has 1 aromatic heterocycles. The Morgan fingerprint density at radius 1 is 1.21 bits per heavy atom.